The van der Waals surface area contributed by atoms with E-state index >= 15 is 0 Å². The number of nitrogens with zero attached hydrogens (tertiary/aromatic N) is 3. The summed E-state index contributed by atoms with van der Waals surface area (Å²) in [6, 6.07) is 0. The van der Waals surface area contributed by atoms with Gasteiger partial charge < -0.3 is 10.6 Å². The highest BCUT2D eigenvalue weighted by Gasteiger charge is 2.25. The summed E-state index contributed by atoms with van der Waals surface area (Å²) in [5.74, 6) is -0.295. The molecule has 2 N–H and O–H groups in total. The van der Waals surface area contributed by atoms with Crippen LogP contribution in [0.15, 0.2) is 12.4 Å². The fraction of sp³-hybridized carbons (Fsp3) is 0.571. The first kappa shape index (κ1) is 14.4. The van der Waals surface area contributed by atoms with Crippen LogP contribution >= 0.6 is 0 Å². The maximum atomic E-state index is 12.5. The Bertz CT molecular complexity index is 504. The zero-order valence-electron chi connectivity index (χ0n) is 11.7. The molecule has 20 heavy (non-hydrogen) atoms. The average Bonchev–Trinajstić information content (AvgIpc) is 2.71. The van der Waals surface area contributed by atoms with E-state index in [4.69, 9.17) is 5.73 Å². The molecule has 0 unspecified atom stereocenters. The van der Waals surface area contributed by atoms with E-state index in [1.807, 2.05) is 0 Å². The van der Waals surface area contributed by atoms with Crippen molar-refractivity contribution < 1.29 is 9.59 Å². The number of carbonyl (C=O) groups is 2. The molecule has 1 aromatic rings. The molecule has 2 amide bonds. The molecule has 0 bridgehead atoms. The Morgan fingerprint density at radius 2 is 1.95 bits per heavy atom. The fourth-order valence-electron chi connectivity index (χ4n) is 2.60. The van der Waals surface area contributed by atoms with E-state index in [2.05, 4.69) is 16.9 Å². The molecule has 0 radical (unpaired) electrons. The number of hydrogen-bond acceptors (Lipinski definition) is 4. The first-order valence-electron chi connectivity index (χ1n) is 7.03. The molecule has 6 nitrogen and oxygen atoms in total. The summed E-state index contributed by atoms with van der Waals surface area (Å²) < 4.78 is 0. The molecule has 1 fully saturated rings. The van der Waals surface area contributed by atoms with Crippen molar-refractivity contribution in [2.45, 2.75) is 32.6 Å². The largest absolute Gasteiger partial charge is 0.364 e. The third-order valence-corrected chi connectivity index (χ3v) is 3.85. The molecule has 1 atom stereocenters. The molecule has 0 aliphatic carbocycles. The fourth-order valence-corrected chi connectivity index (χ4v) is 2.60. The molecule has 1 aromatic heterocycles. The maximum absolute atomic E-state index is 12.5. The molecule has 0 spiro atoms. The minimum Gasteiger partial charge on any atom is -0.364 e. The lowest BCUT2D eigenvalue weighted by atomic mass is 9.98. The van der Waals surface area contributed by atoms with Crippen molar-refractivity contribution in [2.24, 2.45) is 11.7 Å². The van der Waals surface area contributed by atoms with E-state index in [-0.39, 0.29) is 17.3 Å². The van der Waals surface area contributed by atoms with Gasteiger partial charge in [0.1, 0.15) is 0 Å². The summed E-state index contributed by atoms with van der Waals surface area (Å²) in [7, 11) is 0. The van der Waals surface area contributed by atoms with Gasteiger partial charge in [0.2, 0.25) is 0 Å². The van der Waals surface area contributed by atoms with Gasteiger partial charge in [-0.15, -0.1) is 0 Å². The Morgan fingerprint density at radius 3 is 2.60 bits per heavy atom. The Labute approximate surface area is 118 Å². The normalized spacial score (nSPS) is 19.4. The van der Waals surface area contributed by atoms with Gasteiger partial charge in [-0.3, -0.25) is 9.59 Å². The van der Waals surface area contributed by atoms with Crippen LogP contribution in [0.5, 0.6) is 0 Å². The molecular weight excluding hydrogens is 256 g/mol. The Kier molecular flexibility index (Phi) is 4.65. The quantitative estimate of drug-likeness (QED) is 0.899. The first-order chi connectivity index (χ1) is 9.63. The Morgan fingerprint density at radius 1 is 1.25 bits per heavy atom. The van der Waals surface area contributed by atoms with E-state index in [0.29, 0.717) is 19.0 Å². The zero-order valence-corrected chi connectivity index (χ0v) is 11.7. The predicted octanol–water partition coefficient (Wildman–Crippen LogP) is 1.23. The van der Waals surface area contributed by atoms with E-state index in [1.165, 1.54) is 12.4 Å². The van der Waals surface area contributed by atoms with Crippen molar-refractivity contribution in [3.8, 4) is 0 Å². The topological polar surface area (TPSA) is 89.2 Å². The average molecular weight is 276 g/mol. The number of nitrogens with two attached hydrogens (primary N) is 1. The smallest absolute Gasteiger partial charge is 0.274 e. The van der Waals surface area contributed by atoms with E-state index < -0.39 is 5.91 Å². The van der Waals surface area contributed by atoms with Gasteiger partial charge in [-0.2, -0.15) is 0 Å². The molecular formula is C14H20N4O2. The predicted molar refractivity (Wildman–Crippen MR) is 74.1 cm³/mol. The minimum atomic E-state index is -0.720. The number of aromatic nitrogens is 2. The van der Waals surface area contributed by atoms with Crippen LogP contribution in [0.1, 0.15) is 53.6 Å². The number of primary amides is 1. The second-order valence-electron chi connectivity index (χ2n) is 5.12. The van der Waals surface area contributed by atoms with E-state index in [9.17, 15) is 9.59 Å². The number of rotatable bonds is 3. The van der Waals surface area contributed by atoms with Crippen LogP contribution in [-0.2, 0) is 0 Å². The second-order valence-corrected chi connectivity index (χ2v) is 5.12. The van der Waals surface area contributed by atoms with Gasteiger partial charge in [0, 0.05) is 25.5 Å². The number of carbonyl (C=O) groups excluding carboxylic acids is 2. The Balaban J connectivity index is 2.17. The lowest BCUT2D eigenvalue weighted by molar-refractivity contribution is 0.0747. The number of likely N-dealkylation sites (tertiary alicyclic amines) is 1. The highest BCUT2D eigenvalue weighted by molar-refractivity contribution is 6.03. The van der Waals surface area contributed by atoms with Gasteiger partial charge in [0.25, 0.3) is 11.8 Å². The SMILES string of the molecule is CC[C@H]1CCCN(C(=O)c2nccnc2C(N)=O)CC1. The number of amides is 2. The van der Waals surface area contributed by atoms with Gasteiger partial charge in [-0.05, 0) is 25.2 Å². The second kappa shape index (κ2) is 6.45. The van der Waals surface area contributed by atoms with Gasteiger partial charge >= 0.3 is 0 Å². The molecule has 6 heteroatoms. The molecule has 1 aliphatic heterocycles. The summed E-state index contributed by atoms with van der Waals surface area (Å²) in [5, 5.41) is 0. The van der Waals surface area contributed by atoms with Crippen molar-refractivity contribution >= 4 is 11.8 Å². The van der Waals surface area contributed by atoms with Gasteiger partial charge in [0.15, 0.2) is 11.4 Å². The minimum absolute atomic E-state index is 0.0474. The molecule has 2 rings (SSSR count). The van der Waals surface area contributed by atoms with Gasteiger partial charge in [-0.1, -0.05) is 13.3 Å². The van der Waals surface area contributed by atoms with Crippen LogP contribution in [0.3, 0.4) is 0 Å². The van der Waals surface area contributed by atoms with Crippen molar-refractivity contribution in [1.82, 2.24) is 14.9 Å². The lowest BCUT2D eigenvalue weighted by Gasteiger charge is -2.20. The van der Waals surface area contributed by atoms with Crippen LogP contribution in [0.25, 0.3) is 0 Å². The third-order valence-electron chi connectivity index (χ3n) is 3.85. The molecule has 2 heterocycles. The van der Waals surface area contributed by atoms with Crippen LogP contribution in [0.2, 0.25) is 0 Å². The van der Waals surface area contributed by atoms with E-state index in [1.54, 1.807) is 4.90 Å². The molecule has 1 saturated heterocycles. The third kappa shape index (κ3) is 3.12. The van der Waals surface area contributed by atoms with Gasteiger partial charge in [0.05, 0.1) is 0 Å². The Hall–Kier alpha value is -1.98. The zero-order chi connectivity index (χ0) is 14.5. The van der Waals surface area contributed by atoms with Crippen LogP contribution < -0.4 is 5.73 Å². The first-order valence-corrected chi connectivity index (χ1v) is 7.03. The molecule has 108 valence electrons. The van der Waals surface area contributed by atoms with Crippen LogP contribution in [-0.4, -0.2) is 39.8 Å². The molecule has 0 saturated carbocycles. The maximum Gasteiger partial charge on any atom is 0.274 e. The molecule has 1 aliphatic rings. The van der Waals surface area contributed by atoms with Crippen LogP contribution in [0, 0.1) is 5.92 Å². The monoisotopic (exact) mass is 276 g/mol. The van der Waals surface area contributed by atoms with E-state index in [0.717, 1.165) is 25.7 Å². The van der Waals surface area contributed by atoms with Crippen LogP contribution in [0.4, 0.5) is 0 Å². The summed E-state index contributed by atoms with van der Waals surface area (Å²) in [6.45, 7) is 3.58. The lowest BCUT2D eigenvalue weighted by Crippen LogP contribution is -2.34. The highest BCUT2D eigenvalue weighted by Crippen LogP contribution is 2.21. The van der Waals surface area contributed by atoms with Crippen molar-refractivity contribution in [3.05, 3.63) is 23.8 Å². The summed E-state index contributed by atoms with van der Waals surface area (Å²) in [5.41, 5.74) is 5.26. The highest BCUT2D eigenvalue weighted by atomic mass is 16.2. The summed E-state index contributed by atoms with van der Waals surface area (Å²) >= 11 is 0. The standard InChI is InChI=1S/C14H20N4O2/c1-2-10-4-3-8-18(9-5-10)14(20)12-11(13(15)19)16-6-7-17-12/h6-7,10H,2-5,8-9H2,1H3,(H2,15,19)/t10-/m0/s1. The number of hydrogen-bond donors (Lipinski definition) is 1. The van der Waals surface area contributed by atoms with Crippen molar-refractivity contribution in [1.29, 1.82) is 0 Å². The summed E-state index contributed by atoms with van der Waals surface area (Å²) in [6.07, 6.45) is 7.03. The van der Waals surface area contributed by atoms with Gasteiger partial charge in [-0.25, -0.2) is 9.97 Å². The van der Waals surface area contributed by atoms with Crippen molar-refractivity contribution in [3.63, 3.8) is 0 Å². The molecule has 0 aromatic carbocycles. The van der Waals surface area contributed by atoms with Crippen molar-refractivity contribution in [2.75, 3.05) is 13.1 Å². The summed E-state index contributed by atoms with van der Waals surface area (Å²) in [4.78, 5) is 33.4.